The summed E-state index contributed by atoms with van der Waals surface area (Å²) in [5.74, 6) is 0.558. The first-order chi connectivity index (χ1) is 9.70. The Morgan fingerprint density at radius 3 is 2.95 bits per heavy atom. The second kappa shape index (κ2) is 6.81. The van der Waals surface area contributed by atoms with Crippen LogP contribution < -0.4 is 4.74 Å². The molecular weight excluding hydrogens is 258 g/mol. The van der Waals surface area contributed by atoms with Gasteiger partial charge in [0, 0.05) is 19.2 Å². The number of nitrogens with zero attached hydrogens (tertiary/aromatic N) is 3. The molecule has 20 heavy (non-hydrogen) atoms. The monoisotopic (exact) mass is 275 g/mol. The van der Waals surface area contributed by atoms with E-state index < -0.39 is 0 Å². The van der Waals surface area contributed by atoms with Gasteiger partial charge in [0.25, 0.3) is 0 Å². The molecule has 0 radical (unpaired) electrons. The third-order valence-corrected chi connectivity index (χ3v) is 2.80. The molecular formula is C14H17N3O3. The predicted molar refractivity (Wildman–Crippen MR) is 72.8 cm³/mol. The Morgan fingerprint density at radius 2 is 2.20 bits per heavy atom. The minimum absolute atomic E-state index is 0.0217. The summed E-state index contributed by atoms with van der Waals surface area (Å²) >= 11 is 0. The molecule has 0 atom stereocenters. The predicted octanol–water partition coefficient (Wildman–Crippen LogP) is 1.09. The Kier molecular flexibility index (Phi) is 4.84. The number of aromatic nitrogens is 3. The van der Waals surface area contributed by atoms with Gasteiger partial charge in [-0.05, 0) is 19.1 Å². The van der Waals surface area contributed by atoms with E-state index in [-0.39, 0.29) is 12.4 Å². The number of hydrogen-bond donors (Lipinski definition) is 1. The molecule has 0 bridgehead atoms. The van der Waals surface area contributed by atoms with Crippen LogP contribution in [0.1, 0.15) is 23.0 Å². The van der Waals surface area contributed by atoms with Crippen LogP contribution in [0.2, 0.25) is 0 Å². The highest BCUT2D eigenvalue weighted by Crippen LogP contribution is 2.18. The van der Waals surface area contributed by atoms with Crippen molar-refractivity contribution >= 4 is 5.78 Å². The van der Waals surface area contributed by atoms with Crippen LogP contribution in [0.25, 0.3) is 0 Å². The van der Waals surface area contributed by atoms with Crippen molar-refractivity contribution in [1.29, 1.82) is 0 Å². The number of benzene rings is 1. The molecule has 106 valence electrons. The summed E-state index contributed by atoms with van der Waals surface area (Å²) < 4.78 is 7.27. The van der Waals surface area contributed by atoms with E-state index in [4.69, 9.17) is 9.84 Å². The van der Waals surface area contributed by atoms with Gasteiger partial charge in [-0.2, -0.15) is 0 Å². The van der Waals surface area contributed by atoms with Gasteiger partial charge in [0.1, 0.15) is 12.4 Å². The maximum atomic E-state index is 11.4. The van der Waals surface area contributed by atoms with Crippen molar-refractivity contribution in [3.8, 4) is 5.75 Å². The summed E-state index contributed by atoms with van der Waals surface area (Å²) in [6, 6.07) is 7.15. The first-order valence-electron chi connectivity index (χ1n) is 6.43. The fourth-order valence-corrected chi connectivity index (χ4v) is 1.81. The first kappa shape index (κ1) is 14.2. The minimum Gasteiger partial charge on any atom is -0.491 e. The van der Waals surface area contributed by atoms with E-state index >= 15 is 0 Å². The van der Waals surface area contributed by atoms with Crippen molar-refractivity contribution in [2.45, 2.75) is 19.9 Å². The van der Waals surface area contributed by atoms with E-state index in [2.05, 4.69) is 10.3 Å². The average molecular weight is 275 g/mol. The second-order valence-corrected chi connectivity index (χ2v) is 4.35. The van der Waals surface area contributed by atoms with E-state index in [1.807, 2.05) is 12.1 Å². The molecule has 6 heteroatoms. The van der Waals surface area contributed by atoms with Gasteiger partial charge in [0.15, 0.2) is 5.78 Å². The number of aliphatic hydroxyl groups excluding tert-OH is 1. The molecule has 0 aliphatic heterocycles. The van der Waals surface area contributed by atoms with Crippen molar-refractivity contribution in [3.63, 3.8) is 0 Å². The molecule has 0 aliphatic carbocycles. The molecule has 0 saturated heterocycles. The van der Waals surface area contributed by atoms with Crippen LogP contribution in [-0.2, 0) is 13.0 Å². The average Bonchev–Trinajstić information content (AvgIpc) is 2.87. The molecule has 1 aromatic carbocycles. The van der Waals surface area contributed by atoms with Gasteiger partial charge < -0.3 is 9.84 Å². The Bertz CT molecular complexity index is 581. The Labute approximate surface area is 117 Å². The number of Topliss-reactive ketones (excluding diaryl/α,β-unsaturated/α-hetero) is 1. The minimum atomic E-state index is -0.0217. The SMILES string of the molecule is CC(=O)c1ccccc1OCCn1cc(CCO)nn1. The van der Waals surface area contributed by atoms with Crippen molar-refractivity contribution < 1.29 is 14.6 Å². The zero-order valence-corrected chi connectivity index (χ0v) is 11.3. The van der Waals surface area contributed by atoms with Crippen molar-refractivity contribution in [1.82, 2.24) is 15.0 Å². The molecule has 0 unspecified atom stereocenters. The summed E-state index contributed by atoms with van der Waals surface area (Å²) in [4.78, 5) is 11.4. The Morgan fingerprint density at radius 1 is 1.40 bits per heavy atom. The van der Waals surface area contributed by atoms with Gasteiger partial charge in [-0.3, -0.25) is 4.79 Å². The summed E-state index contributed by atoms with van der Waals surface area (Å²) in [6.45, 7) is 2.50. The number of para-hydroxylation sites is 1. The smallest absolute Gasteiger partial charge is 0.163 e. The summed E-state index contributed by atoms with van der Waals surface area (Å²) in [5, 5.41) is 16.7. The quantitative estimate of drug-likeness (QED) is 0.765. The van der Waals surface area contributed by atoms with Crippen molar-refractivity contribution in [2.24, 2.45) is 0 Å². The highest BCUT2D eigenvalue weighted by atomic mass is 16.5. The lowest BCUT2D eigenvalue weighted by molar-refractivity contribution is 0.101. The molecule has 2 aromatic rings. The zero-order valence-electron chi connectivity index (χ0n) is 11.3. The maximum Gasteiger partial charge on any atom is 0.163 e. The standard InChI is InChI=1S/C14H17N3O3/c1-11(19)13-4-2-3-5-14(13)20-9-7-17-10-12(6-8-18)15-16-17/h2-5,10,18H,6-9H2,1H3. The molecule has 6 nitrogen and oxygen atoms in total. The van der Waals surface area contributed by atoms with E-state index in [0.717, 1.165) is 5.69 Å². The topological polar surface area (TPSA) is 77.2 Å². The number of ketones is 1. The number of rotatable bonds is 7. The highest BCUT2D eigenvalue weighted by molar-refractivity contribution is 5.96. The first-order valence-corrected chi connectivity index (χ1v) is 6.43. The van der Waals surface area contributed by atoms with Gasteiger partial charge in [-0.25, -0.2) is 4.68 Å². The number of carbonyl (C=O) groups excluding carboxylic acids is 1. The van der Waals surface area contributed by atoms with Crippen LogP contribution >= 0.6 is 0 Å². The summed E-state index contributed by atoms with van der Waals surface area (Å²) in [6.07, 6.45) is 2.27. The largest absolute Gasteiger partial charge is 0.491 e. The fourth-order valence-electron chi connectivity index (χ4n) is 1.81. The van der Waals surface area contributed by atoms with Gasteiger partial charge in [-0.1, -0.05) is 17.3 Å². The normalized spacial score (nSPS) is 10.5. The van der Waals surface area contributed by atoms with Gasteiger partial charge >= 0.3 is 0 Å². The van der Waals surface area contributed by atoms with Crippen molar-refractivity contribution in [2.75, 3.05) is 13.2 Å². The molecule has 1 N–H and O–H groups in total. The van der Waals surface area contributed by atoms with Crippen molar-refractivity contribution in [3.05, 3.63) is 41.7 Å². The summed E-state index contributed by atoms with van der Waals surface area (Å²) in [7, 11) is 0. The van der Waals surface area contributed by atoms with Crippen LogP contribution in [0.5, 0.6) is 5.75 Å². The van der Waals surface area contributed by atoms with Gasteiger partial charge in [0.05, 0.1) is 17.8 Å². The van der Waals surface area contributed by atoms with E-state index in [1.165, 1.54) is 6.92 Å². The number of hydrogen-bond acceptors (Lipinski definition) is 5. The van der Waals surface area contributed by atoms with E-state index in [1.54, 1.807) is 23.0 Å². The van der Waals surface area contributed by atoms with Crippen LogP contribution in [0.4, 0.5) is 0 Å². The Balaban J connectivity index is 1.91. The van der Waals surface area contributed by atoms with Gasteiger partial charge in [-0.15, -0.1) is 5.10 Å². The second-order valence-electron chi connectivity index (χ2n) is 4.35. The lowest BCUT2D eigenvalue weighted by atomic mass is 10.1. The molecule has 0 fully saturated rings. The fraction of sp³-hybridized carbons (Fsp3) is 0.357. The third kappa shape index (κ3) is 3.64. The Hall–Kier alpha value is -2.21. The molecule has 0 amide bonds. The van der Waals surface area contributed by atoms with E-state index in [0.29, 0.717) is 30.9 Å². The van der Waals surface area contributed by atoms with Crippen LogP contribution in [0.15, 0.2) is 30.5 Å². The van der Waals surface area contributed by atoms with Crippen LogP contribution in [-0.4, -0.2) is 39.1 Å². The number of aliphatic hydroxyl groups is 1. The van der Waals surface area contributed by atoms with Crippen LogP contribution in [0, 0.1) is 0 Å². The molecule has 0 spiro atoms. The maximum absolute atomic E-state index is 11.4. The number of ether oxygens (including phenoxy) is 1. The third-order valence-electron chi connectivity index (χ3n) is 2.80. The molecule has 0 aliphatic rings. The number of carbonyl (C=O) groups is 1. The van der Waals surface area contributed by atoms with Gasteiger partial charge in [0.2, 0.25) is 0 Å². The highest BCUT2D eigenvalue weighted by Gasteiger charge is 2.07. The molecule has 0 saturated carbocycles. The lowest BCUT2D eigenvalue weighted by Crippen LogP contribution is -2.10. The molecule has 1 aromatic heterocycles. The molecule has 1 heterocycles. The lowest BCUT2D eigenvalue weighted by Gasteiger charge is -2.09. The van der Waals surface area contributed by atoms with E-state index in [9.17, 15) is 4.79 Å². The zero-order chi connectivity index (χ0) is 14.4. The molecule has 2 rings (SSSR count). The van der Waals surface area contributed by atoms with Crippen LogP contribution in [0.3, 0.4) is 0 Å². The summed E-state index contributed by atoms with van der Waals surface area (Å²) in [5.41, 5.74) is 1.32.